The number of nitrogens with zero attached hydrogens (tertiary/aromatic N) is 4. The van der Waals surface area contributed by atoms with E-state index in [1.54, 1.807) is 10.9 Å². The lowest BCUT2D eigenvalue weighted by atomic mass is 10.1. The van der Waals surface area contributed by atoms with Gasteiger partial charge in [0.2, 0.25) is 0 Å². The molecule has 0 spiro atoms. The molecule has 0 saturated carbocycles. The number of nitrogens with one attached hydrogen (secondary N) is 1. The van der Waals surface area contributed by atoms with Gasteiger partial charge in [0.25, 0.3) is 0 Å². The van der Waals surface area contributed by atoms with E-state index in [9.17, 15) is 4.79 Å². The molecule has 0 bridgehead atoms. The number of aromatic nitrogens is 5. The maximum absolute atomic E-state index is 13.0. The molecule has 27 heavy (non-hydrogen) atoms. The van der Waals surface area contributed by atoms with Crippen LogP contribution in [0.3, 0.4) is 0 Å². The standard InChI is InChI=1S/C20H16N6O/c1-11-24-16-5-4-14(9-18(16)25-11)26-20(21)15(10-23-26)19(27)13-7-12-3-2-6-22-17(12)8-13/h2-7,9-10H,8,21H2,1H3,(H,24,25). The van der Waals surface area contributed by atoms with E-state index in [4.69, 9.17) is 5.73 Å². The van der Waals surface area contributed by atoms with Gasteiger partial charge in [-0.15, -0.1) is 0 Å². The first-order valence-electron chi connectivity index (χ1n) is 8.59. The average molecular weight is 356 g/mol. The summed E-state index contributed by atoms with van der Waals surface area (Å²) in [6, 6.07) is 9.52. The number of hydrogen-bond acceptors (Lipinski definition) is 5. The van der Waals surface area contributed by atoms with Crippen molar-refractivity contribution in [3.8, 4) is 5.69 Å². The van der Waals surface area contributed by atoms with E-state index in [1.165, 1.54) is 6.20 Å². The molecule has 5 rings (SSSR count). The lowest BCUT2D eigenvalue weighted by Gasteiger charge is -2.05. The van der Waals surface area contributed by atoms with Gasteiger partial charge in [0, 0.05) is 18.2 Å². The number of pyridine rings is 1. The zero-order valence-corrected chi connectivity index (χ0v) is 14.6. The highest BCUT2D eigenvalue weighted by atomic mass is 16.1. The number of fused-ring (bicyclic) bond motifs is 2. The molecule has 3 N–H and O–H groups in total. The molecule has 0 atom stereocenters. The second kappa shape index (κ2) is 5.63. The normalized spacial score (nSPS) is 13.0. The topological polar surface area (TPSA) is 102 Å². The van der Waals surface area contributed by atoms with E-state index in [2.05, 4.69) is 20.1 Å². The minimum atomic E-state index is -0.116. The van der Waals surface area contributed by atoms with Crippen LogP contribution in [0.25, 0.3) is 22.8 Å². The number of H-pyrrole nitrogens is 1. The van der Waals surface area contributed by atoms with Crippen molar-refractivity contribution in [2.24, 2.45) is 0 Å². The molecule has 7 nitrogen and oxygen atoms in total. The molecule has 1 aliphatic carbocycles. The molecule has 3 aromatic heterocycles. The van der Waals surface area contributed by atoms with Crippen LogP contribution in [-0.4, -0.2) is 30.5 Å². The van der Waals surface area contributed by atoms with Crippen LogP contribution in [0.15, 0.2) is 48.3 Å². The highest BCUT2D eigenvalue weighted by Crippen LogP contribution is 2.28. The average Bonchev–Trinajstić information content (AvgIpc) is 3.35. The summed E-state index contributed by atoms with van der Waals surface area (Å²) in [6.45, 7) is 1.90. The number of nitrogen functional groups attached to an aromatic ring is 1. The number of carbonyl (C=O) groups excluding carboxylic acids is 1. The van der Waals surface area contributed by atoms with Crippen molar-refractivity contribution in [3.05, 3.63) is 70.9 Å². The summed E-state index contributed by atoms with van der Waals surface area (Å²) in [4.78, 5) is 24.9. The number of Topliss-reactive ketones (excluding diaryl/α,β-unsaturated/α-hetero) is 1. The number of nitrogens with two attached hydrogens (primary N) is 1. The van der Waals surface area contributed by atoms with Crippen LogP contribution in [0.2, 0.25) is 0 Å². The molecule has 4 aromatic rings. The minimum Gasteiger partial charge on any atom is -0.383 e. The molecule has 0 saturated heterocycles. The van der Waals surface area contributed by atoms with Gasteiger partial charge in [-0.3, -0.25) is 9.78 Å². The Kier molecular flexibility index (Phi) is 3.24. The zero-order valence-electron chi connectivity index (χ0n) is 14.6. The van der Waals surface area contributed by atoms with Gasteiger partial charge in [0.05, 0.1) is 34.2 Å². The Bertz CT molecular complexity index is 1250. The molecule has 0 fully saturated rings. The van der Waals surface area contributed by atoms with Gasteiger partial charge in [0.15, 0.2) is 5.78 Å². The number of hydrogen-bond donors (Lipinski definition) is 2. The summed E-state index contributed by atoms with van der Waals surface area (Å²) in [5, 5.41) is 4.33. The lowest BCUT2D eigenvalue weighted by molar-refractivity contribution is 0.103. The molecule has 0 radical (unpaired) electrons. The summed E-state index contributed by atoms with van der Waals surface area (Å²) in [5.41, 5.74) is 11.8. The number of carbonyl (C=O) groups is 1. The smallest absolute Gasteiger partial charge is 0.194 e. The Labute approximate surface area is 154 Å². The van der Waals surface area contributed by atoms with Gasteiger partial charge in [-0.25, -0.2) is 9.67 Å². The number of imidazole rings is 1. The molecule has 0 amide bonds. The Hall–Kier alpha value is -3.74. The summed E-state index contributed by atoms with van der Waals surface area (Å²) in [7, 11) is 0. The summed E-state index contributed by atoms with van der Waals surface area (Å²) in [6.07, 6.45) is 5.65. The maximum Gasteiger partial charge on any atom is 0.194 e. The zero-order chi connectivity index (χ0) is 18.5. The largest absolute Gasteiger partial charge is 0.383 e. The highest BCUT2D eigenvalue weighted by molar-refractivity contribution is 6.14. The van der Waals surface area contributed by atoms with E-state index in [0.29, 0.717) is 23.4 Å². The van der Waals surface area contributed by atoms with Gasteiger partial charge in [0.1, 0.15) is 11.6 Å². The van der Waals surface area contributed by atoms with Crippen molar-refractivity contribution < 1.29 is 4.79 Å². The highest BCUT2D eigenvalue weighted by Gasteiger charge is 2.24. The fourth-order valence-corrected chi connectivity index (χ4v) is 3.46. The van der Waals surface area contributed by atoms with Crippen molar-refractivity contribution in [3.63, 3.8) is 0 Å². The predicted octanol–water partition coefficient (Wildman–Crippen LogP) is 2.86. The maximum atomic E-state index is 13.0. The fraction of sp³-hybridized carbons (Fsp3) is 0.100. The van der Waals surface area contributed by atoms with Crippen molar-refractivity contribution in [1.29, 1.82) is 0 Å². The SMILES string of the molecule is Cc1nc2ccc(-n3ncc(C(=O)C4=Cc5cccnc5C4)c3N)cc2[nH]1. The van der Waals surface area contributed by atoms with Crippen LogP contribution in [0, 0.1) is 6.92 Å². The minimum absolute atomic E-state index is 0.116. The molecule has 0 unspecified atom stereocenters. The molecule has 1 aromatic carbocycles. The van der Waals surface area contributed by atoms with Crippen LogP contribution < -0.4 is 5.73 Å². The number of aryl methyl sites for hydroxylation is 1. The molecule has 132 valence electrons. The van der Waals surface area contributed by atoms with Gasteiger partial charge < -0.3 is 10.7 Å². The number of benzene rings is 1. The van der Waals surface area contributed by atoms with Crippen LogP contribution >= 0.6 is 0 Å². The molecule has 3 heterocycles. The van der Waals surface area contributed by atoms with E-state index < -0.39 is 0 Å². The van der Waals surface area contributed by atoms with E-state index in [1.807, 2.05) is 43.3 Å². The molecule has 1 aliphatic rings. The van der Waals surface area contributed by atoms with Crippen LogP contribution in [0.1, 0.15) is 27.4 Å². The second-order valence-corrected chi connectivity index (χ2v) is 6.59. The monoisotopic (exact) mass is 356 g/mol. The van der Waals surface area contributed by atoms with E-state index in [0.717, 1.165) is 33.8 Å². The molecular formula is C20H16N6O. The van der Waals surface area contributed by atoms with Crippen LogP contribution in [0.5, 0.6) is 0 Å². The first-order chi connectivity index (χ1) is 13.1. The number of allylic oxidation sites excluding steroid dienone is 1. The van der Waals surface area contributed by atoms with Gasteiger partial charge >= 0.3 is 0 Å². The Morgan fingerprint density at radius 1 is 1.30 bits per heavy atom. The summed E-state index contributed by atoms with van der Waals surface area (Å²) in [5.74, 6) is 1.04. The fourth-order valence-electron chi connectivity index (χ4n) is 3.46. The van der Waals surface area contributed by atoms with Crippen molar-refractivity contribution in [1.82, 2.24) is 24.7 Å². The quantitative estimate of drug-likeness (QED) is 0.550. The lowest BCUT2D eigenvalue weighted by Crippen LogP contribution is -2.08. The number of aromatic amines is 1. The predicted molar refractivity (Wildman–Crippen MR) is 103 cm³/mol. The van der Waals surface area contributed by atoms with Crippen LogP contribution in [-0.2, 0) is 6.42 Å². The second-order valence-electron chi connectivity index (χ2n) is 6.59. The Morgan fingerprint density at radius 2 is 2.19 bits per heavy atom. The first-order valence-corrected chi connectivity index (χ1v) is 8.59. The number of anilines is 1. The van der Waals surface area contributed by atoms with Crippen molar-refractivity contribution >= 4 is 28.7 Å². The Morgan fingerprint density at radius 3 is 3.04 bits per heavy atom. The third kappa shape index (κ3) is 2.43. The third-order valence-corrected chi connectivity index (χ3v) is 4.78. The van der Waals surface area contributed by atoms with Gasteiger partial charge in [-0.2, -0.15) is 5.10 Å². The first kappa shape index (κ1) is 15.5. The third-order valence-electron chi connectivity index (χ3n) is 4.78. The van der Waals surface area contributed by atoms with Gasteiger partial charge in [-0.1, -0.05) is 6.07 Å². The number of ketones is 1. The number of rotatable bonds is 3. The van der Waals surface area contributed by atoms with E-state index in [-0.39, 0.29) is 5.78 Å². The summed E-state index contributed by atoms with van der Waals surface area (Å²) >= 11 is 0. The Balaban J connectivity index is 1.50. The molecular weight excluding hydrogens is 340 g/mol. The van der Waals surface area contributed by atoms with Crippen LogP contribution in [0.4, 0.5) is 5.82 Å². The summed E-state index contributed by atoms with van der Waals surface area (Å²) < 4.78 is 1.57. The van der Waals surface area contributed by atoms with Gasteiger partial charge in [-0.05, 0) is 42.8 Å². The van der Waals surface area contributed by atoms with Crippen molar-refractivity contribution in [2.45, 2.75) is 13.3 Å². The molecule has 7 heteroatoms. The molecule has 0 aliphatic heterocycles. The van der Waals surface area contributed by atoms with E-state index >= 15 is 0 Å². The van der Waals surface area contributed by atoms with Crippen molar-refractivity contribution in [2.75, 3.05) is 5.73 Å².